The zero-order chi connectivity index (χ0) is 28.2. The first-order valence-corrected chi connectivity index (χ1v) is 13.9. The Bertz CT molecular complexity index is 1820. The van der Waals surface area contributed by atoms with Gasteiger partial charge in [0.05, 0.1) is 33.5 Å². The number of benzene rings is 2. The van der Waals surface area contributed by atoms with Gasteiger partial charge in [0.15, 0.2) is 17.4 Å². The summed E-state index contributed by atoms with van der Waals surface area (Å²) in [5.41, 5.74) is 4.07. The molecule has 0 bridgehead atoms. The first kappa shape index (κ1) is 26.1. The number of ketones is 1. The van der Waals surface area contributed by atoms with Crippen LogP contribution in [0, 0.1) is 6.92 Å². The van der Waals surface area contributed by atoms with Crippen molar-refractivity contribution in [1.29, 1.82) is 0 Å². The van der Waals surface area contributed by atoms with Gasteiger partial charge in [-0.15, -0.1) is 11.3 Å². The number of hydrogen-bond donors (Lipinski definition) is 2. The molecule has 0 aliphatic carbocycles. The molecule has 0 atom stereocenters. The van der Waals surface area contributed by atoms with Gasteiger partial charge in [0.2, 0.25) is 5.95 Å². The Kier molecular flexibility index (Phi) is 7.38. The number of carbonyl (C=O) groups excluding carboxylic acids is 2. The first-order chi connectivity index (χ1) is 20.0. The summed E-state index contributed by atoms with van der Waals surface area (Å²) in [4.78, 5) is 40.3. The lowest BCUT2D eigenvalue weighted by atomic mass is 10.1. The van der Waals surface area contributed by atoms with E-state index in [0.29, 0.717) is 46.5 Å². The standard InChI is InChI=1S/C31H26N6O3S/c1-20-33-19-27(40-20)28-11-12-29(41-28)30(39)36-31-35-24-16-23(34-18-26(38)22-7-3-2-4-8-22)9-10-25(24)37(31)15-13-21-6-5-14-32-17-21/h2-12,14,16-17,19,34H,13,15,18H2,1H3,(H,35,36,39). The van der Waals surface area contributed by atoms with Gasteiger partial charge in [0.25, 0.3) is 5.91 Å². The summed E-state index contributed by atoms with van der Waals surface area (Å²) >= 11 is 1.33. The molecule has 4 aromatic heterocycles. The molecule has 41 heavy (non-hydrogen) atoms. The number of carbonyl (C=O) groups is 2. The molecule has 0 aliphatic rings. The topological polar surface area (TPSA) is 115 Å². The van der Waals surface area contributed by atoms with E-state index in [1.54, 1.807) is 37.5 Å². The lowest BCUT2D eigenvalue weighted by Gasteiger charge is -2.10. The maximum Gasteiger partial charge on any atom is 0.268 e. The van der Waals surface area contributed by atoms with Crippen molar-refractivity contribution >= 4 is 45.7 Å². The third kappa shape index (κ3) is 5.92. The van der Waals surface area contributed by atoms with Gasteiger partial charge in [-0.2, -0.15) is 0 Å². The Morgan fingerprint density at radius 1 is 1.00 bits per heavy atom. The number of imidazole rings is 1. The second-order valence-corrected chi connectivity index (χ2v) is 10.5. The number of Topliss-reactive ketones (excluding diaryl/α,β-unsaturated/α-hetero) is 1. The van der Waals surface area contributed by atoms with Gasteiger partial charge in [-0.05, 0) is 48.4 Å². The fourth-order valence-electron chi connectivity index (χ4n) is 4.49. The van der Waals surface area contributed by atoms with Crippen LogP contribution in [0.15, 0.2) is 95.8 Å². The Morgan fingerprint density at radius 3 is 2.66 bits per heavy atom. The van der Waals surface area contributed by atoms with Crippen LogP contribution in [0.4, 0.5) is 11.6 Å². The molecule has 204 valence electrons. The molecule has 6 rings (SSSR count). The van der Waals surface area contributed by atoms with Crippen LogP contribution in [-0.4, -0.2) is 37.8 Å². The lowest BCUT2D eigenvalue weighted by molar-refractivity contribution is 0.100. The Hall–Kier alpha value is -5.09. The number of fused-ring (bicyclic) bond motifs is 1. The van der Waals surface area contributed by atoms with Gasteiger partial charge in [-0.3, -0.25) is 19.9 Å². The molecule has 9 nitrogen and oxygen atoms in total. The monoisotopic (exact) mass is 562 g/mol. The molecule has 10 heteroatoms. The molecule has 0 unspecified atom stereocenters. The van der Waals surface area contributed by atoms with Gasteiger partial charge in [-0.1, -0.05) is 36.4 Å². The molecule has 0 radical (unpaired) electrons. The first-order valence-electron chi connectivity index (χ1n) is 13.1. The highest BCUT2D eigenvalue weighted by molar-refractivity contribution is 7.17. The van der Waals surface area contributed by atoms with Gasteiger partial charge in [-0.25, -0.2) is 9.97 Å². The molecule has 0 aliphatic heterocycles. The van der Waals surface area contributed by atoms with Gasteiger partial charge >= 0.3 is 0 Å². The molecule has 2 N–H and O–H groups in total. The number of oxazole rings is 1. The van der Waals surface area contributed by atoms with E-state index in [-0.39, 0.29) is 18.2 Å². The molecule has 0 saturated carbocycles. The van der Waals surface area contributed by atoms with Crippen LogP contribution in [0.25, 0.3) is 21.7 Å². The van der Waals surface area contributed by atoms with Crippen LogP contribution in [0.2, 0.25) is 0 Å². The van der Waals surface area contributed by atoms with E-state index < -0.39 is 0 Å². The fourth-order valence-corrected chi connectivity index (χ4v) is 5.34. The van der Waals surface area contributed by atoms with E-state index in [2.05, 4.69) is 20.6 Å². The van der Waals surface area contributed by atoms with Crippen molar-refractivity contribution in [3.05, 3.63) is 113 Å². The van der Waals surface area contributed by atoms with E-state index in [1.807, 2.05) is 65.4 Å². The Morgan fingerprint density at radius 2 is 1.88 bits per heavy atom. The van der Waals surface area contributed by atoms with Crippen molar-refractivity contribution in [2.75, 3.05) is 17.2 Å². The van der Waals surface area contributed by atoms with Crippen molar-refractivity contribution in [1.82, 2.24) is 19.5 Å². The van der Waals surface area contributed by atoms with Gasteiger partial charge in [0.1, 0.15) is 0 Å². The summed E-state index contributed by atoms with van der Waals surface area (Å²) in [6.07, 6.45) is 5.94. The Labute approximate surface area is 239 Å². The van der Waals surface area contributed by atoms with Crippen LogP contribution < -0.4 is 10.6 Å². The molecule has 4 heterocycles. The second-order valence-electron chi connectivity index (χ2n) is 9.41. The zero-order valence-corrected chi connectivity index (χ0v) is 23.0. The van der Waals surface area contributed by atoms with E-state index in [4.69, 9.17) is 9.40 Å². The third-order valence-corrected chi connectivity index (χ3v) is 7.66. The van der Waals surface area contributed by atoms with Gasteiger partial charge < -0.3 is 14.3 Å². The number of aromatic nitrogens is 4. The maximum absolute atomic E-state index is 13.3. The highest BCUT2D eigenvalue weighted by Gasteiger charge is 2.18. The average molecular weight is 563 g/mol. The van der Waals surface area contributed by atoms with Gasteiger partial charge in [0, 0.05) is 37.1 Å². The number of nitrogens with one attached hydrogen (secondary N) is 2. The predicted octanol–water partition coefficient (Wildman–Crippen LogP) is 6.25. The molecule has 0 saturated heterocycles. The molecule has 6 aromatic rings. The van der Waals surface area contributed by atoms with Crippen molar-refractivity contribution in [3.63, 3.8) is 0 Å². The predicted molar refractivity (Wildman–Crippen MR) is 159 cm³/mol. The normalized spacial score (nSPS) is 11.0. The summed E-state index contributed by atoms with van der Waals surface area (Å²) in [6.45, 7) is 2.53. The summed E-state index contributed by atoms with van der Waals surface area (Å²) in [5.74, 6) is 1.37. The molecular weight excluding hydrogens is 536 g/mol. The molecule has 1 amide bonds. The zero-order valence-electron chi connectivity index (χ0n) is 22.2. The van der Waals surface area contributed by atoms with Crippen LogP contribution >= 0.6 is 11.3 Å². The summed E-state index contributed by atoms with van der Waals surface area (Å²) in [6, 6.07) is 22.5. The molecule has 0 spiro atoms. The average Bonchev–Trinajstić information content (AvgIpc) is 3.74. The van der Waals surface area contributed by atoms with Crippen molar-refractivity contribution in [2.45, 2.75) is 19.9 Å². The highest BCUT2D eigenvalue weighted by atomic mass is 32.1. The largest absolute Gasteiger partial charge is 0.440 e. The number of rotatable bonds is 10. The number of hydrogen-bond acceptors (Lipinski definition) is 8. The number of nitrogens with zero attached hydrogens (tertiary/aromatic N) is 4. The SMILES string of the molecule is Cc1ncc(-c2ccc(C(=O)Nc3nc4cc(NCC(=O)c5ccccc5)ccc4n3CCc3cccnc3)s2)o1. The van der Waals surface area contributed by atoms with Crippen molar-refractivity contribution in [2.24, 2.45) is 0 Å². The minimum absolute atomic E-state index is 0.00328. The molecule has 2 aromatic carbocycles. The minimum atomic E-state index is -0.262. The molecular formula is C31H26N6O3S. The minimum Gasteiger partial charge on any atom is -0.440 e. The van der Waals surface area contributed by atoms with Crippen LogP contribution in [0.3, 0.4) is 0 Å². The highest BCUT2D eigenvalue weighted by Crippen LogP contribution is 2.30. The number of amides is 1. The Balaban J connectivity index is 1.25. The summed E-state index contributed by atoms with van der Waals surface area (Å²) in [7, 11) is 0. The third-order valence-electron chi connectivity index (χ3n) is 6.56. The van der Waals surface area contributed by atoms with E-state index >= 15 is 0 Å². The van der Waals surface area contributed by atoms with E-state index in [0.717, 1.165) is 21.6 Å². The van der Waals surface area contributed by atoms with E-state index in [1.165, 1.54) is 11.3 Å². The smallest absolute Gasteiger partial charge is 0.268 e. The maximum atomic E-state index is 13.3. The van der Waals surface area contributed by atoms with Crippen LogP contribution in [0.5, 0.6) is 0 Å². The van der Waals surface area contributed by atoms with Crippen LogP contribution in [0.1, 0.15) is 31.5 Å². The number of pyridine rings is 1. The summed E-state index contributed by atoms with van der Waals surface area (Å²) < 4.78 is 7.60. The number of anilines is 2. The van der Waals surface area contributed by atoms with Crippen molar-refractivity contribution in [3.8, 4) is 10.6 Å². The van der Waals surface area contributed by atoms with Crippen LogP contribution in [-0.2, 0) is 13.0 Å². The fraction of sp³-hybridized carbons (Fsp3) is 0.129. The number of thiophene rings is 1. The number of aryl methyl sites for hydroxylation is 3. The summed E-state index contributed by atoms with van der Waals surface area (Å²) in [5, 5.41) is 6.20. The molecule has 0 fully saturated rings. The second kappa shape index (κ2) is 11.6. The lowest BCUT2D eigenvalue weighted by Crippen LogP contribution is -2.15. The van der Waals surface area contributed by atoms with E-state index in [9.17, 15) is 9.59 Å². The van der Waals surface area contributed by atoms with Crippen molar-refractivity contribution < 1.29 is 14.0 Å². The quantitative estimate of drug-likeness (QED) is 0.190.